The third-order valence-electron chi connectivity index (χ3n) is 3.97. The van der Waals surface area contributed by atoms with Gasteiger partial charge in [0.2, 0.25) is 0 Å². The summed E-state index contributed by atoms with van der Waals surface area (Å²) in [5.41, 5.74) is 8.58. The molecule has 2 aromatic rings. The minimum Gasteiger partial charge on any atom is -0.384 e. The van der Waals surface area contributed by atoms with Gasteiger partial charge in [-0.1, -0.05) is 6.42 Å². The highest BCUT2D eigenvalue weighted by Crippen LogP contribution is 2.18. The van der Waals surface area contributed by atoms with Crippen molar-refractivity contribution in [2.75, 3.05) is 12.3 Å². The van der Waals surface area contributed by atoms with Gasteiger partial charge in [-0.3, -0.25) is 0 Å². The van der Waals surface area contributed by atoms with Gasteiger partial charge in [0.25, 0.3) is 0 Å². The van der Waals surface area contributed by atoms with Crippen LogP contribution in [-0.2, 0) is 6.42 Å². The first-order valence-corrected chi connectivity index (χ1v) is 7.57. The van der Waals surface area contributed by atoms with Crippen LogP contribution in [0.25, 0.3) is 11.3 Å². The molecule has 1 aliphatic heterocycles. The van der Waals surface area contributed by atoms with Crippen molar-refractivity contribution in [3.63, 3.8) is 0 Å². The van der Waals surface area contributed by atoms with Gasteiger partial charge in [-0.15, -0.1) is 0 Å². The summed E-state index contributed by atoms with van der Waals surface area (Å²) in [4.78, 5) is 12.8. The number of rotatable bonds is 4. The van der Waals surface area contributed by atoms with Gasteiger partial charge in [0, 0.05) is 23.5 Å². The van der Waals surface area contributed by atoms with Crippen LogP contribution in [0.2, 0.25) is 0 Å². The molecule has 5 heteroatoms. The van der Waals surface area contributed by atoms with Crippen LogP contribution in [0.5, 0.6) is 0 Å². The molecular weight excluding hydrogens is 262 g/mol. The van der Waals surface area contributed by atoms with Crippen molar-refractivity contribution in [2.24, 2.45) is 0 Å². The molecule has 0 radical (unpaired) electrons. The Bertz CT molecular complexity index is 575. The smallest absolute Gasteiger partial charge is 0.123 e. The van der Waals surface area contributed by atoms with E-state index in [2.05, 4.69) is 26.3 Å². The number of hydrogen-bond donors (Lipinski definition) is 2. The van der Waals surface area contributed by atoms with Crippen LogP contribution in [0.4, 0.5) is 5.82 Å². The molecule has 1 fully saturated rings. The second-order valence-electron chi connectivity index (χ2n) is 5.55. The molecular formula is C16H21N5. The number of hydrogen-bond acceptors (Lipinski definition) is 5. The number of piperidine rings is 1. The molecule has 2 aromatic heterocycles. The number of aromatic nitrogens is 3. The Morgan fingerprint density at radius 1 is 1.19 bits per heavy atom. The summed E-state index contributed by atoms with van der Waals surface area (Å²) in [7, 11) is 0. The fraction of sp³-hybridized carbons (Fsp3) is 0.438. The number of pyridine rings is 1. The maximum atomic E-state index is 5.61. The van der Waals surface area contributed by atoms with Crippen molar-refractivity contribution in [1.82, 2.24) is 20.3 Å². The maximum Gasteiger partial charge on any atom is 0.123 e. The summed E-state index contributed by atoms with van der Waals surface area (Å²) < 4.78 is 0. The average molecular weight is 283 g/mol. The fourth-order valence-corrected chi connectivity index (χ4v) is 2.74. The first kappa shape index (κ1) is 13.9. The van der Waals surface area contributed by atoms with Gasteiger partial charge in [0.1, 0.15) is 12.1 Å². The Labute approximate surface area is 125 Å². The second-order valence-corrected chi connectivity index (χ2v) is 5.55. The molecule has 1 aliphatic rings. The minimum atomic E-state index is 0.524. The van der Waals surface area contributed by atoms with Crippen LogP contribution in [0.3, 0.4) is 0 Å². The molecule has 3 N–H and O–H groups in total. The third kappa shape index (κ3) is 3.76. The van der Waals surface area contributed by atoms with E-state index in [-0.39, 0.29) is 0 Å². The Morgan fingerprint density at radius 2 is 2.14 bits per heavy atom. The summed E-state index contributed by atoms with van der Waals surface area (Å²) in [6.07, 6.45) is 9.42. The van der Waals surface area contributed by atoms with Crippen LogP contribution in [-0.4, -0.2) is 27.5 Å². The van der Waals surface area contributed by atoms with Crippen molar-refractivity contribution < 1.29 is 0 Å². The van der Waals surface area contributed by atoms with Gasteiger partial charge in [0.05, 0.1) is 5.69 Å². The molecule has 110 valence electrons. The van der Waals surface area contributed by atoms with Crippen LogP contribution < -0.4 is 11.1 Å². The maximum absolute atomic E-state index is 5.61. The van der Waals surface area contributed by atoms with E-state index in [1.54, 1.807) is 18.6 Å². The molecule has 0 amide bonds. The standard InChI is InChI=1S/C16H21N5/c17-16-7-4-12(10-19-16)15-9-14(20-11-21-15)6-5-13-3-1-2-8-18-13/h4,7,9-11,13,18H,1-3,5-6,8H2,(H2,17,19). The lowest BCUT2D eigenvalue weighted by Crippen LogP contribution is -2.34. The highest BCUT2D eigenvalue weighted by Gasteiger charge is 2.12. The van der Waals surface area contributed by atoms with Crippen molar-refractivity contribution in [1.29, 1.82) is 0 Å². The van der Waals surface area contributed by atoms with E-state index in [1.807, 2.05) is 6.07 Å². The molecule has 0 saturated carbocycles. The molecule has 0 spiro atoms. The van der Waals surface area contributed by atoms with Crippen molar-refractivity contribution in [3.05, 3.63) is 36.4 Å². The Morgan fingerprint density at radius 3 is 2.90 bits per heavy atom. The topological polar surface area (TPSA) is 76.7 Å². The molecule has 21 heavy (non-hydrogen) atoms. The van der Waals surface area contributed by atoms with Crippen LogP contribution >= 0.6 is 0 Å². The molecule has 0 aliphatic carbocycles. The Hall–Kier alpha value is -2.01. The Balaban J connectivity index is 1.66. The van der Waals surface area contributed by atoms with Gasteiger partial charge in [0.15, 0.2) is 0 Å². The van der Waals surface area contributed by atoms with E-state index in [4.69, 9.17) is 5.73 Å². The van der Waals surface area contributed by atoms with Crippen LogP contribution in [0.1, 0.15) is 31.4 Å². The van der Waals surface area contributed by atoms with Gasteiger partial charge in [-0.2, -0.15) is 0 Å². The lowest BCUT2D eigenvalue weighted by molar-refractivity contribution is 0.382. The first-order valence-electron chi connectivity index (χ1n) is 7.57. The SMILES string of the molecule is Nc1ccc(-c2cc(CCC3CCCCN3)ncn2)cn1. The van der Waals surface area contributed by atoms with Crippen molar-refractivity contribution >= 4 is 5.82 Å². The zero-order chi connectivity index (χ0) is 14.5. The van der Waals surface area contributed by atoms with Crippen LogP contribution in [0, 0.1) is 0 Å². The van der Waals surface area contributed by atoms with E-state index < -0.39 is 0 Å². The molecule has 1 unspecified atom stereocenters. The van der Waals surface area contributed by atoms with Crippen LogP contribution in [0.15, 0.2) is 30.7 Å². The van der Waals surface area contributed by atoms with E-state index in [9.17, 15) is 0 Å². The predicted molar refractivity (Wildman–Crippen MR) is 83.6 cm³/mol. The normalized spacial score (nSPS) is 18.6. The van der Waals surface area contributed by atoms with Crippen molar-refractivity contribution in [2.45, 2.75) is 38.1 Å². The number of anilines is 1. The van der Waals surface area contributed by atoms with Crippen molar-refractivity contribution in [3.8, 4) is 11.3 Å². The summed E-state index contributed by atoms with van der Waals surface area (Å²) in [5, 5.41) is 3.57. The summed E-state index contributed by atoms with van der Waals surface area (Å²) in [5.74, 6) is 0.524. The summed E-state index contributed by atoms with van der Waals surface area (Å²) >= 11 is 0. The number of nitrogens with two attached hydrogens (primary N) is 1. The number of nitrogens with one attached hydrogen (secondary N) is 1. The molecule has 3 rings (SSSR count). The summed E-state index contributed by atoms with van der Waals surface area (Å²) in [6.45, 7) is 1.15. The zero-order valence-corrected chi connectivity index (χ0v) is 12.1. The quantitative estimate of drug-likeness (QED) is 0.899. The number of nitrogen functional groups attached to an aromatic ring is 1. The monoisotopic (exact) mass is 283 g/mol. The van der Waals surface area contributed by atoms with E-state index in [1.165, 1.54) is 19.3 Å². The molecule has 0 bridgehead atoms. The van der Waals surface area contributed by atoms with Gasteiger partial charge in [-0.25, -0.2) is 15.0 Å². The second kappa shape index (κ2) is 6.63. The molecule has 1 atom stereocenters. The lowest BCUT2D eigenvalue weighted by Gasteiger charge is -2.23. The van der Waals surface area contributed by atoms with E-state index in [0.29, 0.717) is 11.9 Å². The summed E-state index contributed by atoms with van der Waals surface area (Å²) in [6, 6.07) is 6.42. The number of aryl methyl sites for hydroxylation is 1. The third-order valence-corrected chi connectivity index (χ3v) is 3.97. The lowest BCUT2D eigenvalue weighted by atomic mass is 9.99. The molecule has 5 nitrogen and oxygen atoms in total. The van der Waals surface area contributed by atoms with E-state index in [0.717, 1.165) is 36.3 Å². The zero-order valence-electron chi connectivity index (χ0n) is 12.1. The number of nitrogens with zero attached hydrogens (tertiary/aromatic N) is 3. The molecule has 3 heterocycles. The highest BCUT2D eigenvalue weighted by atomic mass is 14.9. The highest BCUT2D eigenvalue weighted by molar-refractivity contribution is 5.59. The predicted octanol–water partition coefficient (Wildman–Crippen LogP) is 2.20. The first-order chi connectivity index (χ1) is 10.3. The minimum absolute atomic E-state index is 0.524. The van der Waals surface area contributed by atoms with Gasteiger partial charge in [-0.05, 0) is 50.4 Å². The largest absolute Gasteiger partial charge is 0.384 e. The Kier molecular flexibility index (Phi) is 4.40. The van der Waals surface area contributed by atoms with Gasteiger partial charge >= 0.3 is 0 Å². The van der Waals surface area contributed by atoms with E-state index >= 15 is 0 Å². The van der Waals surface area contributed by atoms with Gasteiger partial charge < -0.3 is 11.1 Å². The average Bonchev–Trinajstić information content (AvgIpc) is 2.55. The fourth-order valence-electron chi connectivity index (χ4n) is 2.74. The molecule has 0 aromatic carbocycles. The molecule has 1 saturated heterocycles.